The zero-order chi connectivity index (χ0) is 17.5. The van der Waals surface area contributed by atoms with E-state index in [0.717, 1.165) is 22.5 Å². The molecule has 124 valence electrons. The number of aromatic nitrogens is 2. The predicted octanol–water partition coefficient (Wildman–Crippen LogP) is 4.75. The Morgan fingerprint density at radius 1 is 0.833 bits per heavy atom. The van der Waals surface area contributed by atoms with E-state index < -0.39 is 0 Å². The fourth-order valence-corrected chi connectivity index (χ4v) is 3.02. The van der Waals surface area contributed by atoms with Gasteiger partial charge in [-0.2, -0.15) is 0 Å². The minimum atomic E-state index is -0.176. The summed E-state index contributed by atoms with van der Waals surface area (Å²) >= 11 is 0. The summed E-state index contributed by atoms with van der Waals surface area (Å²) < 4.78 is 1.93. The molecule has 0 amide bonds. The standard InChI is InChI=1S/C21H24N2O/c1-14-6-10-16(11-7-14)18-19(21(3,4)5)23(22-20(18)24)17-12-8-15(2)9-13-17/h6-13H,1-5H3,(H,22,24). The number of hydrogen-bond acceptors (Lipinski definition) is 1. The molecule has 0 aliphatic heterocycles. The highest BCUT2D eigenvalue weighted by Gasteiger charge is 2.27. The van der Waals surface area contributed by atoms with Gasteiger partial charge in [0.2, 0.25) is 0 Å². The first-order valence-corrected chi connectivity index (χ1v) is 8.27. The number of aromatic amines is 1. The van der Waals surface area contributed by atoms with Crippen molar-refractivity contribution < 1.29 is 0 Å². The van der Waals surface area contributed by atoms with E-state index in [0.29, 0.717) is 0 Å². The van der Waals surface area contributed by atoms with Crippen molar-refractivity contribution in [3.05, 3.63) is 75.7 Å². The van der Waals surface area contributed by atoms with Crippen molar-refractivity contribution in [2.45, 2.75) is 40.0 Å². The molecule has 0 atom stereocenters. The van der Waals surface area contributed by atoms with Crippen LogP contribution in [0.25, 0.3) is 16.8 Å². The van der Waals surface area contributed by atoms with Crippen LogP contribution < -0.4 is 5.56 Å². The predicted molar refractivity (Wildman–Crippen MR) is 100.0 cm³/mol. The molecule has 0 saturated carbocycles. The van der Waals surface area contributed by atoms with Gasteiger partial charge in [-0.1, -0.05) is 68.3 Å². The monoisotopic (exact) mass is 320 g/mol. The van der Waals surface area contributed by atoms with Gasteiger partial charge in [0.15, 0.2) is 0 Å². The quantitative estimate of drug-likeness (QED) is 0.727. The van der Waals surface area contributed by atoms with Crippen molar-refractivity contribution in [2.75, 3.05) is 0 Å². The molecule has 1 N–H and O–H groups in total. The van der Waals surface area contributed by atoms with Gasteiger partial charge in [0.1, 0.15) is 0 Å². The van der Waals surface area contributed by atoms with Gasteiger partial charge >= 0.3 is 0 Å². The van der Waals surface area contributed by atoms with Gasteiger partial charge in [0.25, 0.3) is 5.56 Å². The molecular formula is C21H24N2O. The second-order valence-electron chi connectivity index (χ2n) is 7.45. The number of benzene rings is 2. The van der Waals surface area contributed by atoms with Gasteiger partial charge in [-0.15, -0.1) is 0 Å². The van der Waals surface area contributed by atoms with Crippen molar-refractivity contribution in [3.8, 4) is 16.8 Å². The molecule has 3 heteroatoms. The average Bonchev–Trinajstić information content (AvgIpc) is 2.86. The lowest BCUT2D eigenvalue weighted by Gasteiger charge is -2.23. The molecule has 1 heterocycles. The second kappa shape index (κ2) is 5.82. The van der Waals surface area contributed by atoms with Crippen LogP contribution in [0.4, 0.5) is 0 Å². The highest BCUT2D eigenvalue weighted by atomic mass is 16.1. The summed E-state index contributed by atoms with van der Waals surface area (Å²) in [6.45, 7) is 10.5. The van der Waals surface area contributed by atoms with Crippen LogP contribution in [0.3, 0.4) is 0 Å². The van der Waals surface area contributed by atoms with E-state index in [1.807, 2.05) is 41.1 Å². The van der Waals surface area contributed by atoms with E-state index in [9.17, 15) is 4.79 Å². The van der Waals surface area contributed by atoms with Crippen LogP contribution in [0.1, 0.15) is 37.6 Å². The summed E-state index contributed by atoms with van der Waals surface area (Å²) in [5, 5.41) is 3.03. The van der Waals surface area contributed by atoms with Crippen LogP contribution in [0.15, 0.2) is 53.3 Å². The molecule has 2 aromatic carbocycles. The second-order valence-corrected chi connectivity index (χ2v) is 7.45. The average molecular weight is 320 g/mol. The molecule has 3 aromatic rings. The summed E-state index contributed by atoms with van der Waals surface area (Å²) in [5.74, 6) is 0. The molecule has 0 aliphatic rings. The lowest BCUT2D eigenvalue weighted by Crippen LogP contribution is -2.18. The maximum Gasteiger partial charge on any atom is 0.272 e. The first-order valence-electron chi connectivity index (χ1n) is 8.27. The van der Waals surface area contributed by atoms with Crippen molar-refractivity contribution in [2.24, 2.45) is 0 Å². The smallest absolute Gasteiger partial charge is 0.267 e. The number of nitrogens with one attached hydrogen (secondary N) is 1. The van der Waals surface area contributed by atoms with Gasteiger partial charge < -0.3 is 0 Å². The molecule has 0 saturated heterocycles. The molecule has 3 nitrogen and oxygen atoms in total. The molecule has 0 aliphatic carbocycles. The number of aryl methyl sites for hydroxylation is 2. The Labute approximate surface area is 143 Å². The van der Waals surface area contributed by atoms with Gasteiger partial charge in [-0.25, -0.2) is 0 Å². The van der Waals surface area contributed by atoms with Crippen LogP contribution in [0.5, 0.6) is 0 Å². The first-order chi connectivity index (χ1) is 11.3. The Bertz CT molecular complexity index is 904. The van der Waals surface area contributed by atoms with Gasteiger partial charge in [0.05, 0.1) is 16.9 Å². The van der Waals surface area contributed by atoms with Crippen LogP contribution in [0, 0.1) is 13.8 Å². The number of nitrogens with zero attached hydrogens (tertiary/aromatic N) is 1. The Kier molecular flexibility index (Phi) is 3.96. The van der Waals surface area contributed by atoms with Crippen molar-refractivity contribution >= 4 is 0 Å². The molecule has 1 aromatic heterocycles. The highest BCUT2D eigenvalue weighted by Crippen LogP contribution is 2.32. The summed E-state index contributed by atoms with van der Waals surface area (Å²) in [4.78, 5) is 12.8. The Morgan fingerprint density at radius 2 is 1.33 bits per heavy atom. The zero-order valence-electron chi connectivity index (χ0n) is 15.0. The lowest BCUT2D eigenvalue weighted by molar-refractivity contribution is 0.545. The lowest BCUT2D eigenvalue weighted by atomic mass is 9.87. The first kappa shape index (κ1) is 16.3. The fraction of sp³-hybridized carbons (Fsp3) is 0.286. The summed E-state index contributed by atoms with van der Waals surface area (Å²) in [7, 11) is 0. The Balaban J connectivity index is 2.29. The molecule has 0 unspecified atom stereocenters. The van der Waals surface area contributed by atoms with E-state index >= 15 is 0 Å². The molecule has 3 rings (SSSR count). The number of hydrogen-bond donors (Lipinski definition) is 1. The fourth-order valence-electron chi connectivity index (χ4n) is 3.02. The summed E-state index contributed by atoms with van der Waals surface area (Å²) in [6.07, 6.45) is 0. The normalized spacial score (nSPS) is 11.7. The summed E-state index contributed by atoms with van der Waals surface area (Å²) in [6, 6.07) is 16.3. The van der Waals surface area contributed by atoms with E-state index in [-0.39, 0.29) is 11.0 Å². The van der Waals surface area contributed by atoms with Crippen molar-refractivity contribution in [1.29, 1.82) is 0 Å². The largest absolute Gasteiger partial charge is 0.272 e. The minimum Gasteiger partial charge on any atom is -0.267 e. The maximum absolute atomic E-state index is 12.8. The SMILES string of the molecule is Cc1ccc(-c2c(C(C)(C)C)n(-c3ccc(C)cc3)[nH]c2=O)cc1. The zero-order valence-corrected chi connectivity index (χ0v) is 15.0. The van der Waals surface area contributed by atoms with Gasteiger partial charge in [0, 0.05) is 5.41 Å². The van der Waals surface area contributed by atoms with Gasteiger partial charge in [-0.05, 0) is 31.5 Å². The topological polar surface area (TPSA) is 37.8 Å². The third kappa shape index (κ3) is 2.94. The Hall–Kier alpha value is -2.55. The number of rotatable bonds is 2. The van der Waals surface area contributed by atoms with Crippen LogP contribution >= 0.6 is 0 Å². The highest BCUT2D eigenvalue weighted by molar-refractivity contribution is 5.68. The molecule has 0 spiro atoms. The molecule has 0 bridgehead atoms. The minimum absolute atomic E-state index is 0.0515. The van der Waals surface area contributed by atoms with E-state index in [2.05, 4.69) is 51.9 Å². The van der Waals surface area contributed by atoms with Crippen LogP contribution in [-0.2, 0) is 5.41 Å². The third-order valence-corrected chi connectivity index (χ3v) is 4.24. The Morgan fingerprint density at radius 3 is 1.83 bits per heavy atom. The van der Waals surface area contributed by atoms with E-state index in [4.69, 9.17) is 0 Å². The molecule has 0 radical (unpaired) electrons. The van der Waals surface area contributed by atoms with Crippen molar-refractivity contribution in [3.63, 3.8) is 0 Å². The van der Waals surface area contributed by atoms with E-state index in [1.54, 1.807) is 0 Å². The maximum atomic E-state index is 12.8. The van der Waals surface area contributed by atoms with E-state index in [1.165, 1.54) is 11.1 Å². The van der Waals surface area contributed by atoms with Gasteiger partial charge in [-0.3, -0.25) is 14.6 Å². The third-order valence-electron chi connectivity index (χ3n) is 4.24. The van der Waals surface area contributed by atoms with Crippen LogP contribution in [0.2, 0.25) is 0 Å². The van der Waals surface area contributed by atoms with Crippen LogP contribution in [-0.4, -0.2) is 9.78 Å². The summed E-state index contributed by atoms with van der Waals surface area (Å²) in [5.41, 5.74) is 5.84. The van der Waals surface area contributed by atoms with Crippen molar-refractivity contribution in [1.82, 2.24) is 9.78 Å². The molecule has 0 fully saturated rings. The molecular weight excluding hydrogens is 296 g/mol. The number of H-pyrrole nitrogens is 1. The molecule has 24 heavy (non-hydrogen) atoms.